The third-order valence-corrected chi connectivity index (χ3v) is 5.50. The molecule has 0 unspecified atom stereocenters. The average Bonchev–Trinajstić information content (AvgIpc) is 3.45. The van der Waals surface area contributed by atoms with Gasteiger partial charge in [0.05, 0.1) is 10.6 Å². The summed E-state index contributed by atoms with van der Waals surface area (Å²) in [5.74, 6) is 0.0148. The molecule has 0 saturated carbocycles. The largest absolute Gasteiger partial charge is 0.503 e. The van der Waals surface area contributed by atoms with Gasteiger partial charge in [-0.15, -0.1) is 11.3 Å². The van der Waals surface area contributed by atoms with Crippen LogP contribution < -0.4 is 0 Å². The van der Waals surface area contributed by atoms with Crippen LogP contribution in [0.3, 0.4) is 0 Å². The number of hydrogen-bond acceptors (Lipinski definition) is 7. The van der Waals surface area contributed by atoms with E-state index < -0.39 is 4.92 Å². The van der Waals surface area contributed by atoms with Crippen molar-refractivity contribution >= 4 is 40.0 Å². The van der Waals surface area contributed by atoms with Gasteiger partial charge in [-0.2, -0.15) is 5.26 Å². The molecule has 0 aliphatic carbocycles. The Labute approximate surface area is 185 Å². The number of aliphatic hydroxyl groups is 1. The molecule has 0 saturated heterocycles. The first-order chi connectivity index (χ1) is 15.0. The van der Waals surface area contributed by atoms with Gasteiger partial charge in [0.15, 0.2) is 11.5 Å². The minimum absolute atomic E-state index is 0.0369. The van der Waals surface area contributed by atoms with E-state index in [9.17, 15) is 20.5 Å². The van der Waals surface area contributed by atoms with Gasteiger partial charge in [0.25, 0.3) is 5.69 Å². The van der Waals surface area contributed by atoms with Gasteiger partial charge < -0.3 is 9.52 Å². The molecule has 0 bridgehead atoms. The van der Waals surface area contributed by atoms with Crippen LogP contribution in [-0.4, -0.2) is 15.0 Å². The van der Waals surface area contributed by atoms with Crippen LogP contribution >= 0.6 is 22.9 Å². The lowest BCUT2D eigenvalue weighted by atomic mass is 10.1. The molecule has 7 nitrogen and oxygen atoms in total. The monoisotopic (exact) mass is 449 g/mol. The number of thiazole rings is 1. The maximum atomic E-state index is 11.0. The van der Waals surface area contributed by atoms with Crippen LogP contribution in [0.2, 0.25) is 5.02 Å². The number of aliphatic hydroxyl groups excluding tert-OH is 1. The molecular formula is C22H12ClN3O4S. The van der Waals surface area contributed by atoms with Crippen LogP contribution in [0.15, 0.2) is 70.5 Å². The van der Waals surface area contributed by atoms with E-state index >= 15 is 0 Å². The highest BCUT2D eigenvalue weighted by molar-refractivity contribution is 7.11. The predicted octanol–water partition coefficient (Wildman–Crippen LogP) is 6.58. The Kier molecular flexibility index (Phi) is 5.54. The Morgan fingerprint density at radius 1 is 1.16 bits per heavy atom. The van der Waals surface area contributed by atoms with Crippen LogP contribution in [-0.2, 0) is 0 Å². The number of rotatable bonds is 5. The molecular weight excluding hydrogens is 438 g/mol. The number of non-ortho nitro benzene ring substituents is 1. The van der Waals surface area contributed by atoms with E-state index in [0.717, 1.165) is 5.56 Å². The number of aromatic nitrogens is 1. The number of nitriles is 1. The molecule has 0 fully saturated rings. The zero-order valence-corrected chi connectivity index (χ0v) is 17.2. The molecule has 4 rings (SSSR count). The maximum Gasteiger partial charge on any atom is 0.270 e. The first-order valence-corrected chi connectivity index (χ1v) is 10.1. The fourth-order valence-electron chi connectivity index (χ4n) is 2.86. The molecule has 0 spiro atoms. The summed E-state index contributed by atoms with van der Waals surface area (Å²) in [5.41, 5.74) is 1.84. The highest BCUT2D eigenvalue weighted by Gasteiger charge is 2.19. The van der Waals surface area contributed by atoms with E-state index in [1.165, 1.54) is 29.5 Å². The van der Waals surface area contributed by atoms with E-state index in [1.807, 2.05) is 18.2 Å². The normalized spacial score (nSPS) is 11.6. The van der Waals surface area contributed by atoms with E-state index in [2.05, 4.69) is 4.98 Å². The number of nitro benzene ring substituents is 1. The Morgan fingerprint density at radius 3 is 2.65 bits per heavy atom. The molecule has 0 aliphatic heterocycles. The summed E-state index contributed by atoms with van der Waals surface area (Å²) in [6, 6.07) is 18.1. The molecule has 0 aliphatic rings. The third kappa shape index (κ3) is 4.19. The van der Waals surface area contributed by atoms with Crippen molar-refractivity contribution in [2.24, 2.45) is 0 Å². The number of furan rings is 1. The number of allylic oxidation sites excluding steroid dienone is 1. The standard InChI is InChI=1S/C22H12ClN3O4S/c23-15-6-4-13(5-7-15)18-12-31-22(25-18)17(11-24)21(27)20-9-8-19(30-20)14-2-1-3-16(10-14)26(28)29/h1-10,12,27H/b21-17-. The summed E-state index contributed by atoms with van der Waals surface area (Å²) < 4.78 is 5.66. The van der Waals surface area contributed by atoms with Crippen molar-refractivity contribution in [3.05, 3.63) is 91.9 Å². The molecule has 0 amide bonds. The minimum Gasteiger partial charge on any atom is -0.503 e. The number of nitrogens with zero attached hydrogens (tertiary/aromatic N) is 3. The number of hydrogen-bond donors (Lipinski definition) is 1. The van der Waals surface area contributed by atoms with Gasteiger partial charge in [-0.25, -0.2) is 4.98 Å². The molecule has 31 heavy (non-hydrogen) atoms. The second-order valence-electron chi connectivity index (χ2n) is 6.35. The van der Waals surface area contributed by atoms with E-state index in [1.54, 1.807) is 35.7 Å². The van der Waals surface area contributed by atoms with Gasteiger partial charge >= 0.3 is 0 Å². The third-order valence-electron chi connectivity index (χ3n) is 4.39. The quantitative estimate of drug-likeness (QED) is 0.159. The highest BCUT2D eigenvalue weighted by atomic mass is 35.5. The molecule has 1 N–H and O–H groups in total. The average molecular weight is 450 g/mol. The molecule has 2 aromatic heterocycles. The lowest BCUT2D eigenvalue weighted by Gasteiger charge is -2.00. The summed E-state index contributed by atoms with van der Waals surface area (Å²) in [4.78, 5) is 14.9. The molecule has 2 heterocycles. The highest BCUT2D eigenvalue weighted by Crippen LogP contribution is 2.33. The van der Waals surface area contributed by atoms with Gasteiger partial charge in [-0.3, -0.25) is 10.1 Å². The second-order valence-corrected chi connectivity index (χ2v) is 7.65. The molecule has 152 valence electrons. The fourth-order valence-corrected chi connectivity index (χ4v) is 3.81. The van der Waals surface area contributed by atoms with Crippen LogP contribution in [0.5, 0.6) is 0 Å². The lowest BCUT2D eigenvalue weighted by Crippen LogP contribution is -1.89. The predicted molar refractivity (Wildman–Crippen MR) is 118 cm³/mol. The zero-order chi connectivity index (χ0) is 22.0. The van der Waals surface area contributed by atoms with Gasteiger partial charge in [0.2, 0.25) is 0 Å². The van der Waals surface area contributed by atoms with E-state index in [-0.39, 0.29) is 22.8 Å². The van der Waals surface area contributed by atoms with Crippen LogP contribution in [0.25, 0.3) is 33.9 Å². The van der Waals surface area contributed by atoms with E-state index in [0.29, 0.717) is 27.0 Å². The van der Waals surface area contributed by atoms with Crippen molar-refractivity contribution in [2.45, 2.75) is 0 Å². The van der Waals surface area contributed by atoms with Crippen molar-refractivity contribution in [3.8, 4) is 28.7 Å². The van der Waals surface area contributed by atoms with Gasteiger partial charge in [-0.1, -0.05) is 35.9 Å². The Morgan fingerprint density at radius 2 is 1.94 bits per heavy atom. The summed E-state index contributed by atoms with van der Waals surface area (Å²) in [5, 5.41) is 34.0. The lowest BCUT2D eigenvalue weighted by molar-refractivity contribution is -0.384. The van der Waals surface area contributed by atoms with Gasteiger partial charge in [0, 0.05) is 33.7 Å². The van der Waals surface area contributed by atoms with Crippen molar-refractivity contribution in [2.75, 3.05) is 0 Å². The van der Waals surface area contributed by atoms with Gasteiger partial charge in [-0.05, 0) is 24.3 Å². The van der Waals surface area contributed by atoms with Crippen LogP contribution in [0.1, 0.15) is 10.8 Å². The van der Waals surface area contributed by atoms with Crippen molar-refractivity contribution in [1.29, 1.82) is 5.26 Å². The summed E-state index contributed by atoms with van der Waals surface area (Å²) in [6.45, 7) is 0. The summed E-state index contributed by atoms with van der Waals surface area (Å²) >= 11 is 7.12. The fraction of sp³-hybridized carbons (Fsp3) is 0. The SMILES string of the molecule is N#C/C(=C(/O)c1ccc(-c2cccc([N+](=O)[O-])c2)o1)c1nc(-c2ccc(Cl)cc2)cs1. The summed E-state index contributed by atoms with van der Waals surface area (Å²) in [6.07, 6.45) is 0. The number of nitro groups is 1. The number of benzene rings is 2. The zero-order valence-electron chi connectivity index (χ0n) is 15.7. The van der Waals surface area contributed by atoms with Crippen LogP contribution in [0.4, 0.5) is 5.69 Å². The van der Waals surface area contributed by atoms with Crippen molar-refractivity contribution in [1.82, 2.24) is 4.98 Å². The Balaban J connectivity index is 1.67. The first kappa shape index (κ1) is 20.3. The maximum absolute atomic E-state index is 11.0. The van der Waals surface area contributed by atoms with Crippen LogP contribution in [0, 0.1) is 21.4 Å². The van der Waals surface area contributed by atoms with Crippen molar-refractivity contribution in [3.63, 3.8) is 0 Å². The minimum atomic E-state index is -0.501. The Bertz CT molecular complexity index is 1350. The van der Waals surface area contributed by atoms with E-state index in [4.69, 9.17) is 16.0 Å². The Hall–Kier alpha value is -3.93. The first-order valence-electron chi connectivity index (χ1n) is 8.86. The molecule has 0 radical (unpaired) electrons. The molecule has 2 aromatic carbocycles. The van der Waals surface area contributed by atoms with Gasteiger partial charge in [0.1, 0.15) is 22.4 Å². The topological polar surface area (TPSA) is 113 Å². The number of halogens is 1. The second kappa shape index (κ2) is 8.44. The molecule has 4 aromatic rings. The summed E-state index contributed by atoms with van der Waals surface area (Å²) in [7, 11) is 0. The molecule has 9 heteroatoms. The van der Waals surface area contributed by atoms with Crippen molar-refractivity contribution < 1.29 is 14.4 Å². The molecule has 0 atom stereocenters. The smallest absolute Gasteiger partial charge is 0.270 e.